The maximum atomic E-state index is 11.7. The number of thiophene rings is 1. The zero-order valence-corrected chi connectivity index (χ0v) is 9.34. The maximum absolute atomic E-state index is 11.7. The molecular weight excluding hydrogens is 220 g/mol. The van der Waals surface area contributed by atoms with Gasteiger partial charge in [-0.25, -0.2) is 0 Å². The van der Waals surface area contributed by atoms with Gasteiger partial charge in [0.15, 0.2) is 0 Å². The monoisotopic (exact) mass is 230 g/mol. The summed E-state index contributed by atoms with van der Waals surface area (Å²) >= 11 is 7.05. The van der Waals surface area contributed by atoms with E-state index < -0.39 is 0 Å². The molecule has 1 saturated heterocycles. The Balaban J connectivity index is 2.02. The second kappa shape index (κ2) is 3.53. The molecule has 0 aromatic carbocycles. The SMILES string of the molecule is CC1(NC(=O)c2ccc(Cl)s2)CNC1. The van der Waals surface area contributed by atoms with Crippen molar-refractivity contribution < 1.29 is 4.79 Å². The molecule has 1 fully saturated rings. The van der Waals surface area contributed by atoms with Crippen LogP contribution in [0.3, 0.4) is 0 Å². The van der Waals surface area contributed by atoms with Crippen molar-refractivity contribution in [2.24, 2.45) is 0 Å². The maximum Gasteiger partial charge on any atom is 0.261 e. The largest absolute Gasteiger partial charge is 0.344 e. The molecule has 76 valence electrons. The molecule has 5 heteroatoms. The van der Waals surface area contributed by atoms with Crippen LogP contribution in [0.4, 0.5) is 0 Å². The van der Waals surface area contributed by atoms with E-state index in [1.807, 2.05) is 6.92 Å². The fourth-order valence-corrected chi connectivity index (χ4v) is 2.30. The van der Waals surface area contributed by atoms with Gasteiger partial charge in [-0.05, 0) is 19.1 Å². The Morgan fingerprint density at radius 2 is 2.36 bits per heavy atom. The molecule has 14 heavy (non-hydrogen) atoms. The third kappa shape index (κ3) is 1.92. The molecule has 0 bridgehead atoms. The van der Waals surface area contributed by atoms with Crippen LogP contribution in [0.1, 0.15) is 16.6 Å². The quantitative estimate of drug-likeness (QED) is 0.809. The van der Waals surface area contributed by atoms with Crippen LogP contribution in [0, 0.1) is 0 Å². The van der Waals surface area contributed by atoms with Gasteiger partial charge in [-0.2, -0.15) is 0 Å². The number of carbonyl (C=O) groups is 1. The fourth-order valence-electron chi connectivity index (χ4n) is 1.36. The second-order valence-corrected chi connectivity index (χ2v) is 5.44. The first kappa shape index (κ1) is 9.96. The normalized spacial score (nSPS) is 18.7. The predicted molar refractivity (Wildman–Crippen MR) is 58.1 cm³/mol. The third-order valence-corrected chi connectivity index (χ3v) is 3.47. The van der Waals surface area contributed by atoms with Crippen LogP contribution in [0.2, 0.25) is 4.34 Å². The van der Waals surface area contributed by atoms with Gasteiger partial charge in [0.2, 0.25) is 0 Å². The van der Waals surface area contributed by atoms with E-state index in [1.165, 1.54) is 11.3 Å². The second-order valence-electron chi connectivity index (χ2n) is 3.72. The minimum Gasteiger partial charge on any atom is -0.344 e. The molecule has 1 aliphatic heterocycles. The summed E-state index contributed by atoms with van der Waals surface area (Å²) in [5.41, 5.74) is -0.0897. The van der Waals surface area contributed by atoms with E-state index in [1.54, 1.807) is 12.1 Å². The molecule has 0 radical (unpaired) electrons. The van der Waals surface area contributed by atoms with Crippen molar-refractivity contribution in [1.82, 2.24) is 10.6 Å². The summed E-state index contributed by atoms with van der Waals surface area (Å²) in [6.07, 6.45) is 0. The van der Waals surface area contributed by atoms with Gasteiger partial charge in [-0.1, -0.05) is 11.6 Å². The van der Waals surface area contributed by atoms with Crippen LogP contribution in [0.25, 0.3) is 0 Å². The summed E-state index contributed by atoms with van der Waals surface area (Å²) in [5, 5.41) is 6.10. The Labute approximate surface area is 91.5 Å². The smallest absolute Gasteiger partial charge is 0.261 e. The van der Waals surface area contributed by atoms with Gasteiger partial charge >= 0.3 is 0 Å². The van der Waals surface area contributed by atoms with Crippen LogP contribution in [0.15, 0.2) is 12.1 Å². The zero-order chi connectivity index (χ0) is 10.2. The van der Waals surface area contributed by atoms with Crippen LogP contribution >= 0.6 is 22.9 Å². The topological polar surface area (TPSA) is 41.1 Å². The summed E-state index contributed by atoms with van der Waals surface area (Å²) in [5.74, 6) is -0.0362. The summed E-state index contributed by atoms with van der Waals surface area (Å²) in [4.78, 5) is 12.3. The van der Waals surface area contributed by atoms with E-state index in [0.29, 0.717) is 9.21 Å². The Morgan fingerprint density at radius 1 is 1.64 bits per heavy atom. The average molecular weight is 231 g/mol. The van der Waals surface area contributed by atoms with Crippen LogP contribution in [-0.4, -0.2) is 24.5 Å². The average Bonchev–Trinajstić information content (AvgIpc) is 2.49. The number of hydrogen-bond donors (Lipinski definition) is 2. The number of nitrogens with one attached hydrogen (secondary N) is 2. The number of amides is 1. The molecule has 0 unspecified atom stereocenters. The van der Waals surface area contributed by atoms with Crippen LogP contribution < -0.4 is 10.6 Å². The van der Waals surface area contributed by atoms with Crippen LogP contribution in [-0.2, 0) is 0 Å². The Kier molecular flexibility index (Phi) is 2.51. The fraction of sp³-hybridized carbons (Fsp3) is 0.444. The van der Waals surface area contributed by atoms with Crippen molar-refractivity contribution in [3.63, 3.8) is 0 Å². The molecule has 0 atom stereocenters. The summed E-state index contributed by atoms with van der Waals surface area (Å²) in [6.45, 7) is 3.69. The van der Waals surface area contributed by atoms with Gasteiger partial charge < -0.3 is 10.6 Å². The minimum absolute atomic E-state index is 0.0362. The molecule has 1 aliphatic rings. The van der Waals surface area contributed by atoms with E-state index >= 15 is 0 Å². The molecule has 0 aliphatic carbocycles. The first-order chi connectivity index (χ1) is 6.59. The highest BCUT2D eigenvalue weighted by atomic mass is 35.5. The number of halogens is 1. The summed E-state index contributed by atoms with van der Waals surface area (Å²) < 4.78 is 0.645. The van der Waals surface area contributed by atoms with E-state index in [9.17, 15) is 4.79 Å². The molecule has 1 aromatic rings. The van der Waals surface area contributed by atoms with Gasteiger partial charge in [0.05, 0.1) is 14.8 Å². The van der Waals surface area contributed by atoms with Gasteiger partial charge in [-0.3, -0.25) is 4.79 Å². The van der Waals surface area contributed by atoms with Crippen molar-refractivity contribution in [1.29, 1.82) is 0 Å². The first-order valence-corrected chi connectivity index (χ1v) is 5.57. The van der Waals surface area contributed by atoms with Gasteiger partial charge in [0.1, 0.15) is 0 Å². The lowest BCUT2D eigenvalue weighted by Gasteiger charge is -2.39. The highest BCUT2D eigenvalue weighted by Gasteiger charge is 2.33. The highest BCUT2D eigenvalue weighted by molar-refractivity contribution is 7.18. The van der Waals surface area contributed by atoms with E-state index in [0.717, 1.165) is 13.1 Å². The molecule has 2 rings (SSSR count). The molecule has 0 saturated carbocycles. The Bertz CT molecular complexity index is 359. The lowest BCUT2D eigenvalue weighted by molar-refractivity contribution is 0.0876. The Morgan fingerprint density at radius 3 is 2.79 bits per heavy atom. The Hall–Kier alpha value is -0.580. The number of rotatable bonds is 2. The molecule has 1 amide bonds. The van der Waals surface area contributed by atoms with E-state index in [-0.39, 0.29) is 11.4 Å². The van der Waals surface area contributed by atoms with E-state index in [4.69, 9.17) is 11.6 Å². The molecule has 0 spiro atoms. The summed E-state index contributed by atoms with van der Waals surface area (Å²) in [7, 11) is 0. The van der Waals surface area contributed by atoms with Gasteiger partial charge in [0, 0.05) is 13.1 Å². The van der Waals surface area contributed by atoms with Gasteiger partial charge in [0.25, 0.3) is 5.91 Å². The molecule has 3 nitrogen and oxygen atoms in total. The van der Waals surface area contributed by atoms with Crippen molar-refractivity contribution in [3.8, 4) is 0 Å². The summed E-state index contributed by atoms with van der Waals surface area (Å²) in [6, 6.07) is 3.49. The number of carbonyl (C=O) groups excluding carboxylic acids is 1. The van der Waals surface area contributed by atoms with Gasteiger partial charge in [-0.15, -0.1) is 11.3 Å². The minimum atomic E-state index is -0.0897. The van der Waals surface area contributed by atoms with E-state index in [2.05, 4.69) is 10.6 Å². The van der Waals surface area contributed by atoms with Crippen LogP contribution in [0.5, 0.6) is 0 Å². The standard InChI is InChI=1S/C9H11ClN2OS/c1-9(4-11-5-9)12-8(13)6-2-3-7(10)14-6/h2-3,11H,4-5H2,1H3,(H,12,13). The number of hydrogen-bond acceptors (Lipinski definition) is 3. The lowest BCUT2D eigenvalue weighted by atomic mass is 9.95. The van der Waals surface area contributed by atoms with Crippen molar-refractivity contribution in [2.75, 3.05) is 13.1 Å². The van der Waals surface area contributed by atoms with Crippen molar-refractivity contribution in [3.05, 3.63) is 21.3 Å². The molecule has 2 N–H and O–H groups in total. The third-order valence-electron chi connectivity index (χ3n) is 2.24. The molecular formula is C9H11ClN2OS. The highest BCUT2D eigenvalue weighted by Crippen LogP contribution is 2.22. The lowest BCUT2D eigenvalue weighted by Crippen LogP contribution is -2.66. The van der Waals surface area contributed by atoms with Crippen molar-refractivity contribution >= 4 is 28.8 Å². The molecule has 2 heterocycles. The predicted octanol–water partition coefficient (Wildman–Crippen LogP) is 1.49. The molecule has 1 aromatic heterocycles. The van der Waals surface area contributed by atoms with Crippen molar-refractivity contribution in [2.45, 2.75) is 12.5 Å². The zero-order valence-electron chi connectivity index (χ0n) is 7.76. The first-order valence-electron chi connectivity index (χ1n) is 4.38.